The van der Waals surface area contributed by atoms with E-state index in [-0.39, 0.29) is 0 Å². The molecule has 0 spiro atoms. The lowest BCUT2D eigenvalue weighted by molar-refractivity contribution is 0.514. The van der Waals surface area contributed by atoms with Gasteiger partial charge in [0.2, 0.25) is 0 Å². The molecule has 2 heterocycles. The zero-order chi connectivity index (χ0) is 9.26. The Morgan fingerprint density at radius 3 is 3.08 bits per heavy atom. The second-order valence-electron chi connectivity index (χ2n) is 3.42. The van der Waals surface area contributed by atoms with Crippen molar-refractivity contribution in [3.63, 3.8) is 0 Å². The molecule has 4 nitrogen and oxygen atoms in total. The maximum atomic E-state index is 4.15. The van der Waals surface area contributed by atoms with Crippen LogP contribution in [0.4, 0.5) is 0 Å². The van der Waals surface area contributed by atoms with E-state index in [0.717, 1.165) is 12.2 Å². The molecule has 1 fully saturated rings. The average Bonchev–Trinajstić information content (AvgIpc) is 2.75. The standard InChI is InChI=1S/C8H14N4S/c1-6(2)12-5-7(10-11-12)8-9-3-4-13-8/h5-6,8-9H,3-4H2,1-2H3. The third kappa shape index (κ3) is 1.86. The van der Waals surface area contributed by atoms with Crippen molar-refractivity contribution >= 4 is 11.8 Å². The molecule has 1 atom stereocenters. The second kappa shape index (κ2) is 3.67. The van der Waals surface area contributed by atoms with Crippen molar-refractivity contribution in [2.24, 2.45) is 0 Å². The van der Waals surface area contributed by atoms with E-state index in [1.165, 1.54) is 5.75 Å². The zero-order valence-electron chi connectivity index (χ0n) is 7.90. The first kappa shape index (κ1) is 9.02. The van der Waals surface area contributed by atoms with Gasteiger partial charge in [0.15, 0.2) is 0 Å². The van der Waals surface area contributed by atoms with Crippen LogP contribution in [0.3, 0.4) is 0 Å². The lowest BCUT2D eigenvalue weighted by atomic mass is 10.4. The number of aromatic nitrogens is 3. The Morgan fingerprint density at radius 2 is 2.54 bits per heavy atom. The smallest absolute Gasteiger partial charge is 0.110 e. The first-order valence-electron chi connectivity index (χ1n) is 4.54. The van der Waals surface area contributed by atoms with Crippen LogP contribution in [0.15, 0.2) is 6.20 Å². The summed E-state index contributed by atoms with van der Waals surface area (Å²) >= 11 is 1.89. The fourth-order valence-corrected chi connectivity index (χ4v) is 2.26. The van der Waals surface area contributed by atoms with E-state index in [2.05, 4.69) is 29.5 Å². The topological polar surface area (TPSA) is 42.7 Å². The van der Waals surface area contributed by atoms with Gasteiger partial charge >= 0.3 is 0 Å². The number of rotatable bonds is 2. The highest BCUT2D eigenvalue weighted by atomic mass is 32.2. The van der Waals surface area contributed by atoms with Crippen molar-refractivity contribution in [1.82, 2.24) is 20.3 Å². The molecule has 0 amide bonds. The Morgan fingerprint density at radius 1 is 1.69 bits per heavy atom. The molecular weight excluding hydrogens is 184 g/mol. The first-order valence-corrected chi connectivity index (χ1v) is 5.59. The molecule has 1 aromatic heterocycles. The van der Waals surface area contributed by atoms with Gasteiger partial charge in [0.05, 0.1) is 11.6 Å². The molecule has 1 saturated heterocycles. The van der Waals surface area contributed by atoms with Crippen molar-refractivity contribution in [2.75, 3.05) is 12.3 Å². The summed E-state index contributed by atoms with van der Waals surface area (Å²) in [4.78, 5) is 0. The number of hydrogen-bond acceptors (Lipinski definition) is 4. The Balaban J connectivity index is 2.12. The zero-order valence-corrected chi connectivity index (χ0v) is 8.71. The van der Waals surface area contributed by atoms with Crippen LogP contribution >= 0.6 is 11.8 Å². The molecule has 1 aliphatic rings. The summed E-state index contributed by atoms with van der Waals surface area (Å²) in [6.45, 7) is 5.28. The van der Waals surface area contributed by atoms with Gasteiger partial charge in [-0.15, -0.1) is 16.9 Å². The van der Waals surface area contributed by atoms with Gasteiger partial charge in [-0.2, -0.15) is 0 Å². The lowest BCUT2D eigenvalue weighted by Crippen LogP contribution is -2.12. The van der Waals surface area contributed by atoms with Gasteiger partial charge in [0.1, 0.15) is 5.69 Å². The molecule has 2 rings (SSSR count). The molecule has 1 aromatic rings. The minimum atomic E-state index is 0.354. The van der Waals surface area contributed by atoms with Gasteiger partial charge in [-0.3, -0.25) is 5.32 Å². The Hall–Kier alpha value is -0.550. The third-order valence-electron chi connectivity index (χ3n) is 2.04. The third-order valence-corrected chi connectivity index (χ3v) is 3.22. The summed E-state index contributed by atoms with van der Waals surface area (Å²) in [5.74, 6) is 1.17. The van der Waals surface area contributed by atoms with Crippen molar-refractivity contribution < 1.29 is 0 Å². The number of hydrogen-bond donors (Lipinski definition) is 1. The summed E-state index contributed by atoms with van der Waals surface area (Å²) < 4.78 is 1.90. The largest absolute Gasteiger partial charge is 0.299 e. The predicted molar refractivity (Wildman–Crippen MR) is 53.6 cm³/mol. The van der Waals surface area contributed by atoms with E-state index in [4.69, 9.17) is 0 Å². The molecule has 1 aliphatic heterocycles. The van der Waals surface area contributed by atoms with Crippen LogP contribution < -0.4 is 5.32 Å². The molecule has 0 radical (unpaired) electrons. The summed E-state index contributed by atoms with van der Waals surface area (Å²) in [7, 11) is 0. The van der Waals surface area contributed by atoms with Crippen molar-refractivity contribution in [3.05, 3.63) is 11.9 Å². The molecule has 0 aliphatic carbocycles. The minimum Gasteiger partial charge on any atom is -0.299 e. The van der Waals surface area contributed by atoms with E-state index >= 15 is 0 Å². The fourth-order valence-electron chi connectivity index (χ4n) is 1.28. The molecule has 0 bridgehead atoms. The molecule has 1 N–H and O–H groups in total. The van der Waals surface area contributed by atoms with Gasteiger partial charge in [0.25, 0.3) is 0 Å². The summed E-state index contributed by atoms with van der Waals surface area (Å²) in [5.41, 5.74) is 1.05. The Labute approximate surface area is 82.1 Å². The van der Waals surface area contributed by atoms with Crippen LogP contribution in [-0.2, 0) is 0 Å². The Bertz CT molecular complexity index is 277. The summed E-state index contributed by atoms with van der Waals surface area (Å²) in [5, 5.41) is 11.9. The number of thioether (sulfide) groups is 1. The highest BCUT2D eigenvalue weighted by Gasteiger charge is 2.19. The predicted octanol–water partition coefficient (Wildman–Crippen LogP) is 1.19. The minimum absolute atomic E-state index is 0.354. The van der Waals surface area contributed by atoms with Crippen LogP contribution in [-0.4, -0.2) is 27.3 Å². The average molecular weight is 198 g/mol. The molecule has 72 valence electrons. The van der Waals surface area contributed by atoms with Gasteiger partial charge in [-0.1, -0.05) is 5.21 Å². The van der Waals surface area contributed by atoms with Gasteiger partial charge < -0.3 is 0 Å². The first-order chi connectivity index (χ1) is 6.27. The maximum Gasteiger partial charge on any atom is 0.110 e. The van der Waals surface area contributed by atoms with Crippen LogP contribution in [0.1, 0.15) is 31.0 Å². The van der Waals surface area contributed by atoms with Crippen LogP contribution in [0.25, 0.3) is 0 Å². The van der Waals surface area contributed by atoms with Crippen LogP contribution in [0, 0.1) is 0 Å². The summed E-state index contributed by atoms with van der Waals surface area (Å²) in [6, 6.07) is 0.396. The van der Waals surface area contributed by atoms with Crippen molar-refractivity contribution in [3.8, 4) is 0 Å². The normalized spacial score (nSPS) is 22.8. The van der Waals surface area contributed by atoms with Crippen LogP contribution in [0.5, 0.6) is 0 Å². The number of nitrogens with zero attached hydrogens (tertiary/aromatic N) is 3. The SMILES string of the molecule is CC(C)n1cc(C2NCCS2)nn1. The Kier molecular flexibility index (Phi) is 2.55. The van der Waals surface area contributed by atoms with E-state index in [1.807, 2.05) is 22.6 Å². The fraction of sp³-hybridized carbons (Fsp3) is 0.750. The van der Waals surface area contributed by atoms with Gasteiger partial charge in [0, 0.05) is 18.3 Å². The molecule has 0 aromatic carbocycles. The maximum absolute atomic E-state index is 4.15. The number of nitrogens with one attached hydrogen (secondary N) is 1. The van der Waals surface area contributed by atoms with E-state index in [1.54, 1.807) is 0 Å². The molecule has 0 saturated carbocycles. The molecule has 5 heteroatoms. The highest BCUT2D eigenvalue weighted by molar-refractivity contribution is 7.99. The monoisotopic (exact) mass is 198 g/mol. The van der Waals surface area contributed by atoms with Crippen molar-refractivity contribution in [2.45, 2.75) is 25.3 Å². The van der Waals surface area contributed by atoms with Crippen LogP contribution in [0.2, 0.25) is 0 Å². The van der Waals surface area contributed by atoms with E-state index in [9.17, 15) is 0 Å². The second-order valence-corrected chi connectivity index (χ2v) is 4.64. The lowest BCUT2D eigenvalue weighted by Gasteiger charge is -2.04. The van der Waals surface area contributed by atoms with E-state index < -0.39 is 0 Å². The molecule has 1 unspecified atom stereocenters. The van der Waals surface area contributed by atoms with Gasteiger partial charge in [-0.05, 0) is 13.8 Å². The molecule has 13 heavy (non-hydrogen) atoms. The van der Waals surface area contributed by atoms with Crippen molar-refractivity contribution in [1.29, 1.82) is 0 Å². The summed E-state index contributed by atoms with van der Waals surface area (Å²) in [6.07, 6.45) is 2.03. The molecular formula is C8H14N4S. The quantitative estimate of drug-likeness (QED) is 0.775. The highest BCUT2D eigenvalue weighted by Crippen LogP contribution is 2.28. The van der Waals surface area contributed by atoms with Gasteiger partial charge in [-0.25, -0.2) is 4.68 Å². The van der Waals surface area contributed by atoms with E-state index in [0.29, 0.717) is 11.4 Å².